The molecule has 106 valence electrons. The summed E-state index contributed by atoms with van der Waals surface area (Å²) in [6.45, 7) is 3.97. The van der Waals surface area contributed by atoms with Crippen molar-refractivity contribution in [2.45, 2.75) is 26.3 Å². The molecule has 0 aliphatic heterocycles. The number of nitrogens with zero attached hydrogens (tertiary/aromatic N) is 2. The smallest absolute Gasteiger partial charge is 0.269 e. The first-order valence-corrected chi connectivity index (χ1v) is 6.62. The zero-order valence-corrected chi connectivity index (χ0v) is 11.9. The van der Waals surface area contributed by atoms with E-state index in [1.54, 1.807) is 25.2 Å². The average molecular weight is 275 g/mol. The van der Waals surface area contributed by atoms with Gasteiger partial charge in [0.05, 0.1) is 5.69 Å². The summed E-state index contributed by atoms with van der Waals surface area (Å²) in [6.07, 6.45) is 0.869. The van der Waals surface area contributed by atoms with Gasteiger partial charge in [0, 0.05) is 18.7 Å². The normalized spacial score (nSPS) is 12.2. The lowest BCUT2D eigenvalue weighted by atomic mass is 10.1. The van der Waals surface area contributed by atoms with Crippen LogP contribution in [0.25, 0.3) is 11.3 Å². The lowest BCUT2D eigenvalue weighted by Crippen LogP contribution is -2.33. The van der Waals surface area contributed by atoms with Gasteiger partial charge in [-0.3, -0.25) is 9.48 Å². The molecule has 0 saturated carbocycles. The van der Waals surface area contributed by atoms with Gasteiger partial charge in [-0.25, -0.2) is 4.39 Å². The maximum atomic E-state index is 12.9. The van der Waals surface area contributed by atoms with E-state index in [0.29, 0.717) is 11.4 Å². The molecule has 2 rings (SSSR count). The highest BCUT2D eigenvalue weighted by Crippen LogP contribution is 2.19. The van der Waals surface area contributed by atoms with Crippen LogP contribution < -0.4 is 5.32 Å². The first-order valence-electron chi connectivity index (χ1n) is 6.62. The van der Waals surface area contributed by atoms with Crippen molar-refractivity contribution in [1.82, 2.24) is 15.1 Å². The number of halogens is 1. The van der Waals surface area contributed by atoms with Crippen molar-refractivity contribution >= 4 is 5.91 Å². The Hall–Kier alpha value is -2.17. The minimum atomic E-state index is -0.292. The van der Waals surface area contributed by atoms with Gasteiger partial charge in [0.1, 0.15) is 11.5 Å². The van der Waals surface area contributed by atoms with Gasteiger partial charge in [-0.05, 0) is 43.7 Å². The molecule has 1 N–H and O–H groups in total. The molecule has 0 bridgehead atoms. The number of rotatable bonds is 4. The number of carbonyl (C=O) groups is 1. The molecular formula is C15H18FN3O. The van der Waals surface area contributed by atoms with E-state index in [4.69, 9.17) is 0 Å². The van der Waals surface area contributed by atoms with Gasteiger partial charge < -0.3 is 5.32 Å². The molecule has 1 unspecified atom stereocenters. The summed E-state index contributed by atoms with van der Waals surface area (Å²) in [5, 5.41) is 7.20. The highest BCUT2D eigenvalue weighted by atomic mass is 19.1. The molecule has 0 saturated heterocycles. The van der Waals surface area contributed by atoms with Crippen molar-refractivity contribution in [1.29, 1.82) is 0 Å². The topological polar surface area (TPSA) is 46.9 Å². The van der Waals surface area contributed by atoms with Crippen molar-refractivity contribution in [3.05, 3.63) is 41.8 Å². The van der Waals surface area contributed by atoms with Gasteiger partial charge in [0.15, 0.2) is 0 Å². The molecule has 1 heterocycles. The van der Waals surface area contributed by atoms with Crippen molar-refractivity contribution < 1.29 is 9.18 Å². The predicted molar refractivity (Wildman–Crippen MR) is 75.8 cm³/mol. The van der Waals surface area contributed by atoms with E-state index in [0.717, 1.165) is 12.0 Å². The SMILES string of the molecule is CCC(C)NC(=O)c1cc(-c2ccc(F)cc2)nn1C. The van der Waals surface area contributed by atoms with Crippen LogP contribution in [0.4, 0.5) is 4.39 Å². The molecule has 0 fully saturated rings. The number of benzene rings is 1. The van der Waals surface area contributed by atoms with Crippen LogP contribution in [0.5, 0.6) is 0 Å². The largest absolute Gasteiger partial charge is 0.348 e. The first-order chi connectivity index (χ1) is 9.51. The van der Waals surface area contributed by atoms with Gasteiger partial charge in [-0.2, -0.15) is 5.10 Å². The number of carbonyl (C=O) groups excluding carboxylic acids is 1. The summed E-state index contributed by atoms with van der Waals surface area (Å²) < 4.78 is 14.4. The molecule has 0 radical (unpaired) electrons. The maximum Gasteiger partial charge on any atom is 0.269 e. The van der Waals surface area contributed by atoms with Crippen molar-refractivity contribution in [2.24, 2.45) is 7.05 Å². The number of nitrogens with one attached hydrogen (secondary N) is 1. The average Bonchev–Trinajstić information content (AvgIpc) is 2.81. The Kier molecular flexibility index (Phi) is 4.17. The molecule has 1 amide bonds. The third kappa shape index (κ3) is 3.04. The van der Waals surface area contributed by atoms with Crippen LogP contribution in [-0.2, 0) is 7.05 Å². The highest BCUT2D eigenvalue weighted by Gasteiger charge is 2.15. The summed E-state index contributed by atoms with van der Waals surface area (Å²) in [5.74, 6) is -0.442. The van der Waals surface area contributed by atoms with E-state index in [1.807, 2.05) is 13.8 Å². The molecule has 0 aliphatic carbocycles. The zero-order chi connectivity index (χ0) is 14.7. The second-order valence-corrected chi connectivity index (χ2v) is 4.83. The zero-order valence-electron chi connectivity index (χ0n) is 11.9. The van der Waals surface area contributed by atoms with Crippen LogP contribution >= 0.6 is 0 Å². The van der Waals surface area contributed by atoms with Crippen LogP contribution in [0.2, 0.25) is 0 Å². The van der Waals surface area contributed by atoms with E-state index < -0.39 is 0 Å². The second-order valence-electron chi connectivity index (χ2n) is 4.83. The van der Waals surface area contributed by atoms with Crippen LogP contribution in [0.3, 0.4) is 0 Å². The molecule has 5 heteroatoms. The van der Waals surface area contributed by atoms with Crippen LogP contribution in [0.15, 0.2) is 30.3 Å². The Morgan fingerprint density at radius 2 is 2.05 bits per heavy atom. The molecule has 1 atom stereocenters. The quantitative estimate of drug-likeness (QED) is 0.932. The Bertz CT molecular complexity index is 604. The number of amides is 1. The van der Waals surface area contributed by atoms with Gasteiger partial charge in [-0.15, -0.1) is 0 Å². The molecule has 4 nitrogen and oxygen atoms in total. The minimum Gasteiger partial charge on any atom is -0.348 e. The summed E-state index contributed by atoms with van der Waals surface area (Å²) in [6, 6.07) is 7.88. The van der Waals surface area contributed by atoms with Crippen molar-refractivity contribution in [3.8, 4) is 11.3 Å². The summed E-state index contributed by atoms with van der Waals surface area (Å²) in [4.78, 5) is 12.1. The van der Waals surface area contributed by atoms with E-state index in [-0.39, 0.29) is 17.8 Å². The third-order valence-electron chi connectivity index (χ3n) is 3.24. The molecule has 20 heavy (non-hydrogen) atoms. The molecule has 1 aromatic carbocycles. The predicted octanol–water partition coefficient (Wildman–Crippen LogP) is 2.75. The van der Waals surface area contributed by atoms with Gasteiger partial charge in [-0.1, -0.05) is 6.92 Å². The van der Waals surface area contributed by atoms with Crippen molar-refractivity contribution in [2.75, 3.05) is 0 Å². The van der Waals surface area contributed by atoms with Crippen LogP contribution in [0, 0.1) is 5.82 Å². The van der Waals surface area contributed by atoms with E-state index in [9.17, 15) is 9.18 Å². The Balaban J connectivity index is 2.25. The standard InChI is InChI=1S/C15H18FN3O/c1-4-10(2)17-15(20)14-9-13(18-19(14)3)11-5-7-12(16)8-6-11/h5-10H,4H2,1-3H3,(H,17,20). The summed E-state index contributed by atoms with van der Waals surface area (Å²) in [7, 11) is 1.72. The van der Waals surface area contributed by atoms with Gasteiger partial charge in [0.25, 0.3) is 5.91 Å². The minimum absolute atomic E-state index is 0.117. The van der Waals surface area contributed by atoms with Gasteiger partial charge >= 0.3 is 0 Å². The van der Waals surface area contributed by atoms with E-state index >= 15 is 0 Å². The van der Waals surface area contributed by atoms with Crippen LogP contribution in [0.1, 0.15) is 30.8 Å². The number of hydrogen-bond donors (Lipinski definition) is 1. The second kappa shape index (κ2) is 5.86. The Morgan fingerprint density at radius 3 is 2.65 bits per heavy atom. The molecule has 2 aromatic rings. The molecule has 0 spiro atoms. The number of hydrogen-bond acceptors (Lipinski definition) is 2. The van der Waals surface area contributed by atoms with E-state index in [2.05, 4.69) is 10.4 Å². The van der Waals surface area contributed by atoms with Crippen LogP contribution in [-0.4, -0.2) is 21.7 Å². The maximum absolute atomic E-state index is 12.9. The lowest BCUT2D eigenvalue weighted by Gasteiger charge is -2.10. The van der Waals surface area contributed by atoms with E-state index in [1.165, 1.54) is 16.8 Å². The molecule has 1 aromatic heterocycles. The molecule has 0 aliphatic rings. The summed E-state index contributed by atoms with van der Waals surface area (Å²) >= 11 is 0. The molecular weight excluding hydrogens is 257 g/mol. The Labute approximate surface area is 117 Å². The highest BCUT2D eigenvalue weighted by molar-refractivity contribution is 5.93. The Morgan fingerprint density at radius 1 is 1.40 bits per heavy atom. The summed E-state index contributed by atoms with van der Waals surface area (Å²) in [5.41, 5.74) is 1.93. The van der Waals surface area contributed by atoms with Gasteiger partial charge in [0.2, 0.25) is 0 Å². The monoisotopic (exact) mass is 275 g/mol. The fourth-order valence-corrected chi connectivity index (χ4v) is 1.84. The fourth-order valence-electron chi connectivity index (χ4n) is 1.84. The third-order valence-corrected chi connectivity index (χ3v) is 3.24. The fraction of sp³-hybridized carbons (Fsp3) is 0.333. The number of aromatic nitrogens is 2. The lowest BCUT2D eigenvalue weighted by molar-refractivity contribution is 0.0930. The first kappa shape index (κ1) is 14.2. The van der Waals surface area contributed by atoms with Crippen molar-refractivity contribution in [3.63, 3.8) is 0 Å². The number of aryl methyl sites for hydroxylation is 1.